The monoisotopic (exact) mass is 274 g/mol. The molecule has 94 valence electrons. The summed E-state index contributed by atoms with van der Waals surface area (Å²) in [6.45, 7) is 1.50. The van der Waals surface area contributed by atoms with E-state index in [1.54, 1.807) is 13.2 Å². The van der Waals surface area contributed by atoms with E-state index in [2.05, 4.69) is 4.90 Å². The first-order valence-corrected chi connectivity index (χ1v) is 6.39. The van der Waals surface area contributed by atoms with Crippen LogP contribution in [-0.4, -0.2) is 26.3 Å². The molecule has 1 aromatic carbocycles. The lowest BCUT2D eigenvalue weighted by Crippen LogP contribution is -2.30. The van der Waals surface area contributed by atoms with Gasteiger partial charge in [0.05, 0.1) is 28.0 Å². The summed E-state index contributed by atoms with van der Waals surface area (Å²) in [5, 5.41) is 1.04. The van der Waals surface area contributed by atoms with E-state index in [1.807, 2.05) is 6.07 Å². The summed E-state index contributed by atoms with van der Waals surface area (Å²) in [7, 11) is 1.70. The third-order valence-corrected chi connectivity index (χ3v) is 3.63. The number of hydrogen-bond acceptors (Lipinski definition) is 3. The van der Waals surface area contributed by atoms with Gasteiger partial charge in [-0.05, 0) is 25.0 Å². The zero-order valence-electron chi connectivity index (χ0n) is 9.75. The number of methoxy groups -OCH3 is 1. The molecule has 0 amide bonds. The number of nitrogen functional groups attached to an aromatic ring is 1. The van der Waals surface area contributed by atoms with Crippen LogP contribution in [0.4, 0.5) is 11.4 Å². The summed E-state index contributed by atoms with van der Waals surface area (Å²) in [5.74, 6) is 0. The molecule has 0 aliphatic heterocycles. The number of ether oxygens (including phenoxy) is 1. The van der Waals surface area contributed by atoms with Gasteiger partial charge in [0.2, 0.25) is 0 Å². The van der Waals surface area contributed by atoms with E-state index in [9.17, 15) is 0 Å². The molecule has 0 spiro atoms. The number of nitrogens with two attached hydrogens (primary N) is 1. The SMILES string of the molecule is COCCN(c1cc(Cl)c(Cl)cc1N)C1CC1. The van der Waals surface area contributed by atoms with E-state index >= 15 is 0 Å². The fourth-order valence-corrected chi connectivity index (χ4v) is 2.21. The van der Waals surface area contributed by atoms with Crippen LogP contribution in [0.15, 0.2) is 12.1 Å². The van der Waals surface area contributed by atoms with Gasteiger partial charge in [0.15, 0.2) is 0 Å². The van der Waals surface area contributed by atoms with Crippen molar-refractivity contribution >= 4 is 34.6 Å². The lowest BCUT2D eigenvalue weighted by molar-refractivity contribution is 0.205. The molecule has 0 saturated heterocycles. The lowest BCUT2D eigenvalue weighted by atomic mass is 10.2. The van der Waals surface area contributed by atoms with E-state index in [1.165, 1.54) is 12.8 Å². The van der Waals surface area contributed by atoms with Gasteiger partial charge in [-0.2, -0.15) is 0 Å². The zero-order valence-corrected chi connectivity index (χ0v) is 11.3. The number of benzene rings is 1. The molecule has 17 heavy (non-hydrogen) atoms. The molecule has 0 aromatic heterocycles. The van der Waals surface area contributed by atoms with Gasteiger partial charge >= 0.3 is 0 Å². The normalized spacial score (nSPS) is 15.0. The maximum atomic E-state index is 6.04. The van der Waals surface area contributed by atoms with Crippen molar-refractivity contribution in [3.63, 3.8) is 0 Å². The predicted octanol–water partition coefficient (Wildman–Crippen LogP) is 3.19. The highest BCUT2D eigenvalue weighted by Crippen LogP contribution is 2.38. The number of anilines is 2. The third kappa shape index (κ3) is 2.97. The van der Waals surface area contributed by atoms with Crippen molar-refractivity contribution in [1.29, 1.82) is 0 Å². The van der Waals surface area contributed by atoms with Crippen LogP contribution in [0.5, 0.6) is 0 Å². The molecule has 2 rings (SSSR count). The Labute approximate surface area is 111 Å². The standard InChI is InChI=1S/C12H16Cl2N2O/c1-17-5-4-16(8-2-3-8)12-7-10(14)9(13)6-11(12)15/h6-8H,2-5,15H2,1H3. The first-order chi connectivity index (χ1) is 8.13. The number of nitrogens with zero attached hydrogens (tertiary/aromatic N) is 1. The van der Waals surface area contributed by atoms with Crippen molar-refractivity contribution in [2.24, 2.45) is 0 Å². The second kappa shape index (κ2) is 5.34. The predicted molar refractivity (Wildman–Crippen MR) is 73.1 cm³/mol. The molecule has 1 aliphatic rings. The Morgan fingerprint density at radius 1 is 1.35 bits per heavy atom. The van der Waals surface area contributed by atoms with E-state index in [4.69, 9.17) is 33.7 Å². The van der Waals surface area contributed by atoms with Gasteiger partial charge in [-0.3, -0.25) is 0 Å². The number of rotatable bonds is 5. The molecule has 3 nitrogen and oxygen atoms in total. The molecule has 1 aliphatic carbocycles. The summed E-state index contributed by atoms with van der Waals surface area (Å²) in [6, 6.07) is 4.11. The maximum absolute atomic E-state index is 6.04. The first-order valence-electron chi connectivity index (χ1n) is 5.63. The van der Waals surface area contributed by atoms with Crippen LogP contribution in [0.1, 0.15) is 12.8 Å². The fourth-order valence-electron chi connectivity index (χ4n) is 1.88. The van der Waals surface area contributed by atoms with Gasteiger partial charge in [0.1, 0.15) is 0 Å². The van der Waals surface area contributed by atoms with Crippen molar-refractivity contribution < 1.29 is 4.74 Å². The Kier molecular flexibility index (Phi) is 4.02. The van der Waals surface area contributed by atoms with Crippen molar-refractivity contribution in [2.75, 3.05) is 30.9 Å². The van der Waals surface area contributed by atoms with Crippen LogP contribution >= 0.6 is 23.2 Å². The molecule has 0 radical (unpaired) electrons. The Hall–Kier alpha value is -0.640. The molecule has 5 heteroatoms. The lowest BCUT2D eigenvalue weighted by Gasteiger charge is -2.26. The van der Waals surface area contributed by atoms with Gasteiger partial charge in [0.25, 0.3) is 0 Å². The second-order valence-electron chi connectivity index (χ2n) is 4.24. The Bertz CT molecular complexity index is 408. The number of hydrogen-bond donors (Lipinski definition) is 1. The first kappa shape index (κ1) is 12.8. The van der Waals surface area contributed by atoms with E-state index in [0.29, 0.717) is 28.4 Å². The molecule has 1 aromatic rings. The van der Waals surface area contributed by atoms with Crippen LogP contribution in [0.25, 0.3) is 0 Å². The van der Waals surface area contributed by atoms with Crippen molar-refractivity contribution in [3.8, 4) is 0 Å². The molecule has 1 fully saturated rings. The molecule has 0 atom stereocenters. The quantitative estimate of drug-likeness (QED) is 0.839. The van der Waals surface area contributed by atoms with Crippen LogP contribution in [-0.2, 0) is 4.74 Å². The molecular weight excluding hydrogens is 259 g/mol. The largest absolute Gasteiger partial charge is 0.397 e. The average molecular weight is 275 g/mol. The Morgan fingerprint density at radius 3 is 2.59 bits per heavy atom. The van der Waals surface area contributed by atoms with E-state index < -0.39 is 0 Å². The van der Waals surface area contributed by atoms with E-state index in [0.717, 1.165) is 12.2 Å². The third-order valence-electron chi connectivity index (χ3n) is 2.90. The number of halogens is 2. The fraction of sp³-hybridized carbons (Fsp3) is 0.500. The van der Waals surface area contributed by atoms with Gasteiger partial charge < -0.3 is 15.4 Å². The minimum absolute atomic E-state index is 0.496. The van der Waals surface area contributed by atoms with Crippen LogP contribution in [0.3, 0.4) is 0 Å². The minimum Gasteiger partial charge on any atom is -0.397 e. The summed E-state index contributed by atoms with van der Waals surface area (Å²) < 4.78 is 5.12. The second-order valence-corrected chi connectivity index (χ2v) is 5.06. The summed E-state index contributed by atoms with van der Waals surface area (Å²) in [6.07, 6.45) is 2.40. The maximum Gasteiger partial charge on any atom is 0.0637 e. The Balaban J connectivity index is 2.25. The Morgan fingerprint density at radius 2 is 2.00 bits per heavy atom. The highest BCUT2D eigenvalue weighted by atomic mass is 35.5. The molecule has 0 bridgehead atoms. The van der Waals surface area contributed by atoms with Crippen molar-refractivity contribution in [1.82, 2.24) is 0 Å². The highest BCUT2D eigenvalue weighted by molar-refractivity contribution is 6.42. The van der Waals surface area contributed by atoms with Crippen LogP contribution < -0.4 is 10.6 Å². The summed E-state index contributed by atoms with van der Waals surface area (Å²) in [5.41, 5.74) is 7.63. The van der Waals surface area contributed by atoms with Crippen LogP contribution in [0.2, 0.25) is 10.0 Å². The smallest absolute Gasteiger partial charge is 0.0637 e. The molecule has 0 unspecified atom stereocenters. The molecular formula is C12H16Cl2N2O. The molecule has 1 saturated carbocycles. The van der Waals surface area contributed by atoms with Gasteiger partial charge in [-0.1, -0.05) is 23.2 Å². The topological polar surface area (TPSA) is 38.5 Å². The van der Waals surface area contributed by atoms with Crippen molar-refractivity contribution in [2.45, 2.75) is 18.9 Å². The van der Waals surface area contributed by atoms with Crippen LogP contribution in [0, 0.1) is 0 Å². The molecule has 2 N–H and O–H groups in total. The highest BCUT2D eigenvalue weighted by Gasteiger charge is 2.30. The summed E-state index contributed by atoms with van der Waals surface area (Å²) in [4.78, 5) is 2.25. The average Bonchev–Trinajstić information content (AvgIpc) is 3.10. The van der Waals surface area contributed by atoms with E-state index in [-0.39, 0.29) is 0 Å². The van der Waals surface area contributed by atoms with Gasteiger partial charge in [-0.25, -0.2) is 0 Å². The summed E-state index contributed by atoms with van der Waals surface area (Å²) >= 11 is 12.0. The molecule has 0 heterocycles. The minimum atomic E-state index is 0.496. The zero-order chi connectivity index (χ0) is 12.4. The van der Waals surface area contributed by atoms with Gasteiger partial charge in [-0.15, -0.1) is 0 Å². The van der Waals surface area contributed by atoms with Crippen molar-refractivity contribution in [3.05, 3.63) is 22.2 Å². The van der Waals surface area contributed by atoms with Gasteiger partial charge in [0, 0.05) is 19.7 Å².